The van der Waals surface area contributed by atoms with Gasteiger partial charge in [-0.25, -0.2) is 0 Å². The lowest BCUT2D eigenvalue weighted by Crippen LogP contribution is -2.46. The van der Waals surface area contributed by atoms with Crippen molar-refractivity contribution in [3.05, 3.63) is 0 Å². The zero-order chi connectivity index (χ0) is 10.4. The molecule has 0 aromatic rings. The maximum atomic E-state index is 11.2. The Morgan fingerprint density at radius 2 is 2.00 bits per heavy atom. The number of hydrogen-bond acceptors (Lipinski definition) is 3. The van der Waals surface area contributed by atoms with Crippen molar-refractivity contribution in [1.29, 1.82) is 0 Å². The molecule has 0 rings (SSSR count). The molecule has 13 heavy (non-hydrogen) atoms. The Labute approximate surface area is 79.5 Å². The third-order valence-electron chi connectivity index (χ3n) is 1.99. The quantitative estimate of drug-likeness (QED) is 0.562. The Morgan fingerprint density at radius 1 is 1.46 bits per heavy atom. The first-order valence-electron chi connectivity index (χ1n) is 4.65. The third kappa shape index (κ3) is 4.85. The highest BCUT2D eigenvalue weighted by Crippen LogP contribution is 2.05. The van der Waals surface area contributed by atoms with Gasteiger partial charge in [0.25, 0.3) is 0 Å². The highest BCUT2D eigenvalue weighted by atomic mass is 16.3. The topological polar surface area (TPSA) is 75.3 Å². The standard InChI is InChI=1S/C9H20N2O2/c1-6(2)8(4-5-12)11-9(13)7(3)10/h6-8,12H,4-5,10H2,1-3H3,(H,11,13)/t7-,8?/m0/s1. The molecule has 0 heterocycles. The van der Waals surface area contributed by atoms with Gasteiger partial charge in [0, 0.05) is 12.6 Å². The zero-order valence-corrected chi connectivity index (χ0v) is 8.58. The van der Waals surface area contributed by atoms with Gasteiger partial charge in [0.15, 0.2) is 0 Å². The van der Waals surface area contributed by atoms with Crippen molar-refractivity contribution in [1.82, 2.24) is 5.32 Å². The second-order valence-electron chi connectivity index (χ2n) is 3.66. The lowest BCUT2D eigenvalue weighted by Gasteiger charge is -2.22. The maximum Gasteiger partial charge on any atom is 0.236 e. The molecular weight excluding hydrogens is 168 g/mol. The Morgan fingerprint density at radius 3 is 2.31 bits per heavy atom. The van der Waals surface area contributed by atoms with E-state index in [-0.39, 0.29) is 18.6 Å². The van der Waals surface area contributed by atoms with Crippen LogP contribution in [-0.2, 0) is 4.79 Å². The van der Waals surface area contributed by atoms with Crippen LogP contribution >= 0.6 is 0 Å². The Kier molecular flexibility index (Phi) is 5.66. The molecule has 4 nitrogen and oxygen atoms in total. The van der Waals surface area contributed by atoms with E-state index in [9.17, 15) is 4.79 Å². The largest absolute Gasteiger partial charge is 0.396 e. The molecule has 1 amide bonds. The second-order valence-corrected chi connectivity index (χ2v) is 3.66. The van der Waals surface area contributed by atoms with E-state index < -0.39 is 6.04 Å². The summed E-state index contributed by atoms with van der Waals surface area (Å²) in [5.41, 5.74) is 5.41. The van der Waals surface area contributed by atoms with Crippen LogP contribution in [0.3, 0.4) is 0 Å². The van der Waals surface area contributed by atoms with Gasteiger partial charge < -0.3 is 16.2 Å². The van der Waals surface area contributed by atoms with E-state index in [0.29, 0.717) is 12.3 Å². The molecule has 0 fully saturated rings. The molecule has 0 aromatic heterocycles. The van der Waals surface area contributed by atoms with E-state index in [4.69, 9.17) is 10.8 Å². The average molecular weight is 188 g/mol. The minimum Gasteiger partial charge on any atom is -0.396 e. The minimum atomic E-state index is -0.486. The zero-order valence-electron chi connectivity index (χ0n) is 8.58. The molecular formula is C9H20N2O2. The predicted octanol–water partition coefficient (Wildman–Crippen LogP) is -0.143. The molecule has 0 aliphatic rings. The number of amides is 1. The number of aliphatic hydroxyl groups is 1. The number of rotatable bonds is 5. The Bertz CT molecular complexity index is 158. The molecule has 2 atom stereocenters. The monoisotopic (exact) mass is 188 g/mol. The van der Waals surface area contributed by atoms with Gasteiger partial charge in [0.05, 0.1) is 6.04 Å². The van der Waals surface area contributed by atoms with Crippen LogP contribution in [0.5, 0.6) is 0 Å². The van der Waals surface area contributed by atoms with Gasteiger partial charge in [-0.05, 0) is 19.3 Å². The van der Waals surface area contributed by atoms with E-state index in [1.807, 2.05) is 13.8 Å². The van der Waals surface area contributed by atoms with Crippen LogP contribution in [0, 0.1) is 5.92 Å². The number of hydrogen-bond donors (Lipinski definition) is 3. The highest BCUT2D eigenvalue weighted by molar-refractivity contribution is 5.81. The van der Waals surface area contributed by atoms with Crippen molar-refractivity contribution < 1.29 is 9.90 Å². The van der Waals surface area contributed by atoms with Crippen LogP contribution in [0.2, 0.25) is 0 Å². The van der Waals surface area contributed by atoms with Crippen molar-refractivity contribution in [2.75, 3.05) is 6.61 Å². The second kappa shape index (κ2) is 5.94. The number of nitrogens with two attached hydrogens (primary N) is 1. The lowest BCUT2D eigenvalue weighted by molar-refractivity contribution is -0.123. The summed E-state index contributed by atoms with van der Waals surface area (Å²) < 4.78 is 0. The summed E-state index contributed by atoms with van der Waals surface area (Å²) in [4.78, 5) is 11.2. The minimum absolute atomic E-state index is 0.0171. The summed E-state index contributed by atoms with van der Waals surface area (Å²) in [6.45, 7) is 5.73. The predicted molar refractivity (Wildman–Crippen MR) is 52.1 cm³/mol. The van der Waals surface area contributed by atoms with Crippen molar-refractivity contribution in [3.8, 4) is 0 Å². The molecule has 0 radical (unpaired) electrons. The van der Waals surface area contributed by atoms with Crippen LogP contribution in [0.1, 0.15) is 27.2 Å². The average Bonchev–Trinajstić information content (AvgIpc) is 2.03. The third-order valence-corrected chi connectivity index (χ3v) is 1.99. The van der Waals surface area contributed by atoms with Gasteiger partial charge >= 0.3 is 0 Å². The molecule has 1 unspecified atom stereocenters. The molecule has 0 aromatic carbocycles. The summed E-state index contributed by atoms with van der Waals surface area (Å²) in [5, 5.41) is 11.5. The summed E-state index contributed by atoms with van der Waals surface area (Å²) >= 11 is 0. The van der Waals surface area contributed by atoms with Crippen LogP contribution in [0.15, 0.2) is 0 Å². The van der Waals surface area contributed by atoms with Crippen LogP contribution in [-0.4, -0.2) is 29.7 Å². The van der Waals surface area contributed by atoms with Crippen LogP contribution in [0.4, 0.5) is 0 Å². The van der Waals surface area contributed by atoms with E-state index in [0.717, 1.165) is 0 Å². The fourth-order valence-electron chi connectivity index (χ4n) is 1.03. The SMILES string of the molecule is CC(C)C(CCO)NC(=O)[C@H](C)N. The van der Waals surface area contributed by atoms with Crippen molar-refractivity contribution in [3.63, 3.8) is 0 Å². The Balaban J connectivity index is 4.02. The molecule has 4 N–H and O–H groups in total. The summed E-state index contributed by atoms with van der Waals surface area (Å²) in [6.07, 6.45) is 0.579. The molecule has 0 aliphatic carbocycles. The first-order valence-corrected chi connectivity index (χ1v) is 4.65. The van der Waals surface area contributed by atoms with E-state index >= 15 is 0 Å². The number of carbonyl (C=O) groups is 1. The summed E-state index contributed by atoms with van der Waals surface area (Å²) in [6, 6.07) is -0.469. The lowest BCUT2D eigenvalue weighted by atomic mass is 10.0. The van der Waals surface area contributed by atoms with Gasteiger partial charge in [-0.15, -0.1) is 0 Å². The Hall–Kier alpha value is -0.610. The molecule has 78 valence electrons. The smallest absolute Gasteiger partial charge is 0.236 e. The van der Waals surface area contributed by atoms with Gasteiger partial charge in [0.1, 0.15) is 0 Å². The van der Waals surface area contributed by atoms with Gasteiger partial charge in [-0.1, -0.05) is 13.8 Å². The molecule has 0 aliphatic heterocycles. The fourth-order valence-corrected chi connectivity index (χ4v) is 1.03. The molecule has 0 bridgehead atoms. The molecule has 0 saturated heterocycles. The summed E-state index contributed by atoms with van der Waals surface area (Å²) in [7, 11) is 0. The van der Waals surface area contributed by atoms with Crippen LogP contribution < -0.4 is 11.1 Å². The van der Waals surface area contributed by atoms with E-state index in [1.165, 1.54) is 0 Å². The van der Waals surface area contributed by atoms with Crippen molar-refractivity contribution in [2.24, 2.45) is 11.7 Å². The highest BCUT2D eigenvalue weighted by Gasteiger charge is 2.17. The molecule has 4 heteroatoms. The number of aliphatic hydroxyl groups excluding tert-OH is 1. The molecule has 0 spiro atoms. The maximum absolute atomic E-state index is 11.2. The number of carbonyl (C=O) groups excluding carboxylic acids is 1. The van der Waals surface area contributed by atoms with E-state index in [1.54, 1.807) is 6.92 Å². The summed E-state index contributed by atoms with van der Waals surface area (Å²) in [5.74, 6) is 0.155. The van der Waals surface area contributed by atoms with Gasteiger partial charge in [-0.3, -0.25) is 4.79 Å². The first kappa shape index (κ1) is 12.4. The van der Waals surface area contributed by atoms with Crippen molar-refractivity contribution in [2.45, 2.75) is 39.3 Å². The van der Waals surface area contributed by atoms with Crippen LogP contribution in [0.25, 0.3) is 0 Å². The number of nitrogens with one attached hydrogen (secondary N) is 1. The van der Waals surface area contributed by atoms with Gasteiger partial charge in [-0.2, -0.15) is 0 Å². The van der Waals surface area contributed by atoms with E-state index in [2.05, 4.69) is 5.32 Å². The normalized spacial score (nSPS) is 15.5. The molecule has 0 saturated carbocycles. The first-order chi connectivity index (χ1) is 5.99. The van der Waals surface area contributed by atoms with Crippen molar-refractivity contribution >= 4 is 5.91 Å². The fraction of sp³-hybridized carbons (Fsp3) is 0.889. The van der Waals surface area contributed by atoms with Gasteiger partial charge in [0.2, 0.25) is 5.91 Å².